The van der Waals surface area contributed by atoms with Crippen LogP contribution >= 0.6 is 69.6 Å². The molecule has 192 valence electrons. The molecule has 4 rings (SSSR count). The van der Waals surface area contributed by atoms with Gasteiger partial charge in [0.25, 0.3) is 5.91 Å². The molecule has 3 N–H and O–H groups in total. The van der Waals surface area contributed by atoms with Crippen LogP contribution in [0.15, 0.2) is 54.6 Å². The molecule has 0 aromatic heterocycles. The molecule has 6 nitrogen and oxygen atoms in total. The Bertz CT molecular complexity index is 1390. The third-order valence-corrected chi connectivity index (χ3v) is 7.60. The predicted molar refractivity (Wildman–Crippen MR) is 151 cm³/mol. The number of carbonyl (C=O) groups is 3. The van der Waals surface area contributed by atoms with E-state index in [0.29, 0.717) is 27.0 Å². The second-order valence-corrected chi connectivity index (χ2v) is 11.5. The lowest BCUT2D eigenvalue weighted by molar-refractivity contribution is -0.117. The largest absolute Gasteiger partial charge is 0.326 e. The van der Waals surface area contributed by atoms with Crippen molar-refractivity contribution in [1.29, 1.82) is 0 Å². The highest BCUT2D eigenvalue weighted by Crippen LogP contribution is 2.65. The van der Waals surface area contributed by atoms with Crippen molar-refractivity contribution in [2.75, 3.05) is 16.0 Å². The average Bonchev–Trinajstić information content (AvgIpc) is 3.38. The van der Waals surface area contributed by atoms with Gasteiger partial charge in [0.15, 0.2) is 0 Å². The van der Waals surface area contributed by atoms with E-state index in [0.717, 1.165) is 0 Å². The summed E-state index contributed by atoms with van der Waals surface area (Å²) < 4.78 is -1.39. The summed E-state index contributed by atoms with van der Waals surface area (Å²) in [6.07, 6.45) is 0. The van der Waals surface area contributed by atoms with Crippen LogP contribution < -0.4 is 16.0 Å². The Morgan fingerprint density at radius 2 is 1.32 bits per heavy atom. The maximum Gasteiger partial charge on any atom is 0.257 e. The van der Waals surface area contributed by atoms with E-state index < -0.39 is 28.0 Å². The molecule has 0 saturated heterocycles. The minimum Gasteiger partial charge on any atom is -0.326 e. The van der Waals surface area contributed by atoms with Crippen LogP contribution in [0.5, 0.6) is 0 Å². The lowest BCUT2D eigenvalue weighted by atomic mass is 10.1. The number of carbonyl (C=O) groups excluding carboxylic acids is 3. The van der Waals surface area contributed by atoms with Crippen molar-refractivity contribution in [1.82, 2.24) is 0 Å². The second-order valence-electron chi connectivity index (χ2n) is 8.35. The summed E-state index contributed by atoms with van der Waals surface area (Å²) in [5, 5.41) is 9.00. The van der Waals surface area contributed by atoms with Gasteiger partial charge in [0.05, 0.1) is 27.2 Å². The van der Waals surface area contributed by atoms with Gasteiger partial charge in [0, 0.05) is 34.3 Å². The number of hydrogen-bond acceptors (Lipinski definition) is 3. The van der Waals surface area contributed by atoms with E-state index in [4.69, 9.17) is 69.6 Å². The van der Waals surface area contributed by atoms with Gasteiger partial charge < -0.3 is 16.0 Å². The lowest BCUT2D eigenvalue weighted by Gasteiger charge is -2.12. The van der Waals surface area contributed by atoms with Crippen LogP contribution in [0.4, 0.5) is 17.1 Å². The van der Waals surface area contributed by atoms with Gasteiger partial charge in [-0.2, -0.15) is 0 Å². The van der Waals surface area contributed by atoms with Crippen molar-refractivity contribution >= 4 is 104 Å². The maximum absolute atomic E-state index is 13.1. The van der Waals surface area contributed by atoms with Crippen molar-refractivity contribution < 1.29 is 14.4 Å². The van der Waals surface area contributed by atoms with Gasteiger partial charge in [-0.15, -0.1) is 23.2 Å². The third kappa shape index (κ3) is 6.28. The Hall–Kier alpha value is -2.19. The van der Waals surface area contributed by atoms with Crippen LogP contribution in [0, 0.1) is 5.92 Å². The summed E-state index contributed by atoms with van der Waals surface area (Å²) in [6, 6.07) is 14.1. The fourth-order valence-electron chi connectivity index (χ4n) is 3.89. The molecule has 3 amide bonds. The molecule has 1 aliphatic rings. The van der Waals surface area contributed by atoms with Gasteiger partial charge in [0.1, 0.15) is 4.33 Å². The Kier molecular flexibility index (Phi) is 8.19. The smallest absolute Gasteiger partial charge is 0.257 e. The van der Waals surface area contributed by atoms with Crippen LogP contribution in [-0.4, -0.2) is 22.1 Å². The molecule has 0 aliphatic heterocycles. The van der Waals surface area contributed by atoms with Gasteiger partial charge in [-0.05, 0) is 60.2 Å². The monoisotopic (exact) mass is 617 g/mol. The number of benzene rings is 3. The van der Waals surface area contributed by atoms with Crippen LogP contribution in [0.2, 0.25) is 20.1 Å². The van der Waals surface area contributed by atoms with Gasteiger partial charge in [-0.1, -0.05) is 46.4 Å². The molecular weight excluding hydrogens is 603 g/mol. The molecule has 2 atom stereocenters. The molecule has 0 radical (unpaired) electrons. The van der Waals surface area contributed by atoms with Crippen LogP contribution in [0.1, 0.15) is 28.8 Å². The van der Waals surface area contributed by atoms with Crippen LogP contribution in [0.3, 0.4) is 0 Å². The van der Waals surface area contributed by atoms with E-state index in [2.05, 4.69) is 16.0 Å². The minimum atomic E-state index is -1.39. The molecule has 12 heteroatoms. The van der Waals surface area contributed by atoms with Crippen molar-refractivity contribution in [3.63, 3.8) is 0 Å². The number of rotatable bonds is 6. The number of halogens is 6. The molecule has 3 aromatic carbocycles. The van der Waals surface area contributed by atoms with Crippen molar-refractivity contribution in [3.05, 3.63) is 85.8 Å². The Morgan fingerprint density at radius 1 is 0.757 bits per heavy atom. The minimum absolute atomic E-state index is 0.0734. The lowest BCUT2D eigenvalue weighted by Crippen LogP contribution is -2.18. The van der Waals surface area contributed by atoms with Crippen molar-refractivity contribution in [3.8, 4) is 0 Å². The number of hydrogen-bond donors (Lipinski definition) is 3. The number of anilines is 3. The number of amides is 3. The average molecular weight is 620 g/mol. The first-order valence-electron chi connectivity index (χ1n) is 10.7. The Morgan fingerprint density at radius 3 is 1.89 bits per heavy atom. The molecule has 0 heterocycles. The zero-order valence-corrected chi connectivity index (χ0v) is 23.4. The summed E-state index contributed by atoms with van der Waals surface area (Å²) in [4.78, 5) is 37.2. The first-order valence-corrected chi connectivity index (χ1v) is 13.0. The molecule has 1 aliphatic carbocycles. The molecule has 0 unspecified atom stereocenters. The predicted octanol–water partition coefficient (Wildman–Crippen LogP) is 8.04. The van der Waals surface area contributed by atoms with Crippen LogP contribution in [0.25, 0.3) is 0 Å². The van der Waals surface area contributed by atoms with Gasteiger partial charge in [0.2, 0.25) is 11.8 Å². The second kappa shape index (κ2) is 10.9. The molecule has 1 saturated carbocycles. The third-order valence-electron chi connectivity index (χ3n) is 5.60. The topological polar surface area (TPSA) is 87.3 Å². The number of nitrogens with one attached hydrogen (secondary N) is 3. The van der Waals surface area contributed by atoms with Crippen molar-refractivity contribution in [2.45, 2.75) is 17.2 Å². The fourth-order valence-corrected chi connectivity index (χ4v) is 5.78. The van der Waals surface area contributed by atoms with Gasteiger partial charge >= 0.3 is 0 Å². The van der Waals surface area contributed by atoms with Gasteiger partial charge in [-0.25, -0.2) is 0 Å². The van der Waals surface area contributed by atoms with Gasteiger partial charge in [-0.3, -0.25) is 14.4 Å². The zero-order valence-electron chi connectivity index (χ0n) is 18.8. The van der Waals surface area contributed by atoms with E-state index in [1.165, 1.54) is 19.1 Å². The summed E-state index contributed by atoms with van der Waals surface area (Å²) >= 11 is 37.6. The Labute approximate surface area is 242 Å². The van der Waals surface area contributed by atoms with Crippen LogP contribution in [-0.2, 0) is 9.59 Å². The maximum atomic E-state index is 13.1. The number of alkyl halides is 2. The zero-order chi connectivity index (χ0) is 27.1. The van der Waals surface area contributed by atoms with E-state index in [1.54, 1.807) is 42.5 Å². The summed E-state index contributed by atoms with van der Waals surface area (Å²) in [6.45, 7) is 1.39. The van der Waals surface area contributed by atoms with E-state index in [1.807, 2.05) is 0 Å². The SMILES string of the molecule is CC(=O)Nc1ccc(NC(=O)c2cc(NC(=O)[C@@H]3[C@@H](c4cc(Cl)cc(Cl)c4)C3(Cl)Cl)c(Cl)cc2Cl)cc1. The van der Waals surface area contributed by atoms with E-state index in [9.17, 15) is 14.4 Å². The first kappa shape index (κ1) is 27.8. The molecule has 3 aromatic rings. The molecule has 1 fully saturated rings. The summed E-state index contributed by atoms with van der Waals surface area (Å²) in [5.74, 6) is -2.63. The quantitative estimate of drug-likeness (QED) is 0.244. The standard InChI is InChI=1S/C25H17Cl6N3O3/c1-11(35)32-15-2-4-16(5-3-15)33-23(36)17-9-20(19(29)10-18(17)28)34-24(37)22-21(25(22,30)31)12-6-13(26)8-14(27)7-12/h2-10,21-22H,1H3,(H,32,35)(H,33,36)(H,34,37)/t21-,22+/m1/s1. The summed E-state index contributed by atoms with van der Waals surface area (Å²) in [7, 11) is 0. The highest BCUT2D eigenvalue weighted by Gasteiger charge is 2.67. The highest BCUT2D eigenvalue weighted by molar-refractivity contribution is 6.53. The summed E-state index contributed by atoms with van der Waals surface area (Å²) in [5.41, 5.74) is 1.89. The molecule has 0 bridgehead atoms. The molecule has 0 spiro atoms. The normalized spacial score (nSPS) is 17.6. The molecule has 37 heavy (non-hydrogen) atoms. The Balaban J connectivity index is 1.51. The molecular formula is C25H17Cl6N3O3. The van der Waals surface area contributed by atoms with E-state index in [-0.39, 0.29) is 27.2 Å². The van der Waals surface area contributed by atoms with E-state index >= 15 is 0 Å². The first-order chi connectivity index (χ1) is 17.4. The fraction of sp³-hybridized carbons (Fsp3) is 0.160. The van der Waals surface area contributed by atoms with Crippen molar-refractivity contribution in [2.24, 2.45) is 5.92 Å². The highest BCUT2D eigenvalue weighted by atomic mass is 35.5.